The minimum absolute atomic E-state index is 0.175. The van der Waals surface area contributed by atoms with E-state index >= 15 is 0 Å². The van der Waals surface area contributed by atoms with Gasteiger partial charge in [0.2, 0.25) is 0 Å². The van der Waals surface area contributed by atoms with E-state index in [1.54, 1.807) is 6.26 Å². The smallest absolute Gasteiger partial charge is 0.188 e. The van der Waals surface area contributed by atoms with Crippen molar-refractivity contribution in [2.75, 3.05) is 39.4 Å². The second-order valence-corrected chi connectivity index (χ2v) is 5.83. The number of guanidine groups is 1. The van der Waals surface area contributed by atoms with Crippen LogP contribution in [-0.2, 0) is 4.74 Å². The third kappa shape index (κ3) is 6.23. The molecule has 0 amide bonds. The third-order valence-electron chi connectivity index (χ3n) is 4.11. The third-order valence-corrected chi connectivity index (χ3v) is 4.11. The zero-order valence-electron chi connectivity index (χ0n) is 14.2. The van der Waals surface area contributed by atoms with Crippen LogP contribution in [0.3, 0.4) is 0 Å². The molecule has 1 aromatic rings. The number of hydrogen-bond donors (Lipinski definition) is 2. The van der Waals surface area contributed by atoms with Gasteiger partial charge in [0.05, 0.1) is 18.8 Å². The highest BCUT2D eigenvalue weighted by atomic mass is 16.5. The number of nitrogens with zero attached hydrogens (tertiary/aromatic N) is 2. The van der Waals surface area contributed by atoms with Crippen molar-refractivity contribution in [2.45, 2.75) is 38.6 Å². The average molecular weight is 322 g/mol. The van der Waals surface area contributed by atoms with E-state index in [0.717, 1.165) is 45.0 Å². The molecule has 1 aliphatic rings. The predicted octanol–water partition coefficient (Wildman–Crippen LogP) is 2.14. The number of rotatable bonds is 9. The molecule has 0 spiro atoms. The average Bonchev–Trinajstić information content (AvgIpc) is 3.10. The Labute approximate surface area is 139 Å². The zero-order valence-corrected chi connectivity index (χ0v) is 14.2. The first-order chi connectivity index (χ1) is 11.3. The largest absolute Gasteiger partial charge is 0.468 e. The highest BCUT2D eigenvalue weighted by Gasteiger charge is 2.24. The van der Waals surface area contributed by atoms with Crippen molar-refractivity contribution in [3.8, 4) is 0 Å². The monoisotopic (exact) mass is 322 g/mol. The molecule has 1 aromatic heterocycles. The highest BCUT2D eigenvalue weighted by molar-refractivity contribution is 5.77. The lowest BCUT2D eigenvalue weighted by Gasteiger charge is -2.32. The molecule has 0 aromatic carbocycles. The number of nitrogens with one attached hydrogen (secondary N) is 1. The lowest BCUT2D eigenvalue weighted by molar-refractivity contribution is 0.145. The number of piperidine rings is 1. The van der Waals surface area contributed by atoms with Crippen molar-refractivity contribution in [1.29, 1.82) is 0 Å². The molecule has 1 fully saturated rings. The minimum Gasteiger partial charge on any atom is -0.468 e. The summed E-state index contributed by atoms with van der Waals surface area (Å²) >= 11 is 0. The van der Waals surface area contributed by atoms with Crippen molar-refractivity contribution in [3.05, 3.63) is 24.2 Å². The van der Waals surface area contributed by atoms with E-state index in [0.29, 0.717) is 12.5 Å². The van der Waals surface area contributed by atoms with Crippen molar-refractivity contribution >= 4 is 5.96 Å². The predicted molar refractivity (Wildman–Crippen MR) is 92.5 cm³/mol. The molecule has 0 radical (unpaired) electrons. The molecular formula is C17H30N4O2. The van der Waals surface area contributed by atoms with Gasteiger partial charge in [0, 0.05) is 19.8 Å². The minimum atomic E-state index is 0.175. The molecule has 0 aliphatic carbocycles. The molecule has 23 heavy (non-hydrogen) atoms. The Bertz CT molecular complexity index is 441. The van der Waals surface area contributed by atoms with Gasteiger partial charge in [-0.25, -0.2) is 0 Å². The van der Waals surface area contributed by atoms with E-state index in [9.17, 15) is 0 Å². The van der Waals surface area contributed by atoms with E-state index in [4.69, 9.17) is 14.9 Å². The molecule has 6 nitrogen and oxygen atoms in total. The van der Waals surface area contributed by atoms with E-state index < -0.39 is 0 Å². The fraction of sp³-hybridized carbons (Fsp3) is 0.706. The fourth-order valence-corrected chi connectivity index (χ4v) is 2.87. The molecule has 6 heteroatoms. The second-order valence-electron chi connectivity index (χ2n) is 5.83. The molecule has 0 bridgehead atoms. The van der Waals surface area contributed by atoms with Gasteiger partial charge in [-0.05, 0) is 51.4 Å². The Hall–Kier alpha value is -1.53. The number of likely N-dealkylation sites (tertiary alicyclic amines) is 1. The van der Waals surface area contributed by atoms with Crippen LogP contribution in [0.4, 0.5) is 0 Å². The van der Waals surface area contributed by atoms with Crippen LogP contribution in [0.2, 0.25) is 0 Å². The summed E-state index contributed by atoms with van der Waals surface area (Å²) in [5.41, 5.74) is 5.97. The van der Waals surface area contributed by atoms with Gasteiger partial charge in [0.25, 0.3) is 0 Å². The van der Waals surface area contributed by atoms with Crippen LogP contribution in [0.5, 0.6) is 0 Å². The molecule has 130 valence electrons. The maximum Gasteiger partial charge on any atom is 0.188 e. The highest BCUT2D eigenvalue weighted by Crippen LogP contribution is 2.25. The Balaban J connectivity index is 1.83. The van der Waals surface area contributed by atoms with Crippen molar-refractivity contribution in [3.63, 3.8) is 0 Å². The lowest BCUT2D eigenvalue weighted by atomic mass is 10.1. The zero-order chi connectivity index (χ0) is 16.3. The number of furan rings is 1. The maximum atomic E-state index is 5.97. The van der Waals surface area contributed by atoms with Crippen LogP contribution >= 0.6 is 0 Å². The summed E-state index contributed by atoms with van der Waals surface area (Å²) in [5, 5.41) is 3.14. The number of ether oxygens (including phenoxy) is 1. The van der Waals surface area contributed by atoms with Gasteiger partial charge in [-0.15, -0.1) is 0 Å². The van der Waals surface area contributed by atoms with Crippen molar-refractivity contribution in [1.82, 2.24) is 10.2 Å². The Morgan fingerprint density at radius 3 is 2.96 bits per heavy atom. The van der Waals surface area contributed by atoms with Gasteiger partial charge >= 0.3 is 0 Å². The Kier molecular flexibility index (Phi) is 7.97. The first-order valence-electron chi connectivity index (χ1n) is 8.70. The summed E-state index contributed by atoms with van der Waals surface area (Å²) in [5.74, 6) is 1.47. The van der Waals surface area contributed by atoms with Gasteiger partial charge in [-0.3, -0.25) is 9.89 Å². The standard InChI is InChI=1S/C17H30N4O2/c1-2-22-12-7-9-19-17(18)20-14-15(16-8-6-13-23-16)21-10-4-3-5-11-21/h6,8,13,15H,2-5,7,9-12,14H2,1H3,(H3,18,19,20). The first kappa shape index (κ1) is 17.8. The van der Waals surface area contributed by atoms with Gasteiger partial charge in [0.15, 0.2) is 5.96 Å². The van der Waals surface area contributed by atoms with Crippen LogP contribution < -0.4 is 11.1 Å². The van der Waals surface area contributed by atoms with Gasteiger partial charge < -0.3 is 20.2 Å². The van der Waals surface area contributed by atoms with E-state index in [-0.39, 0.29) is 6.04 Å². The molecule has 1 saturated heterocycles. The molecule has 3 N–H and O–H groups in total. The number of hydrogen-bond acceptors (Lipinski definition) is 4. The Morgan fingerprint density at radius 1 is 1.43 bits per heavy atom. The lowest BCUT2D eigenvalue weighted by Crippen LogP contribution is -2.37. The molecule has 0 saturated carbocycles. The summed E-state index contributed by atoms with van der Waals surface area (Å²) in [7, 11) is 0. The summed E-state index contributed by atoms with van der Waals surface area (Å²) in [4.78, 5) is 6.97. The van der Waals surface area contributed by atoms with Crippen LogP contribution in [-0.4, -0.2) is 50.3 Å². The van der Waals surface area contributed by atoms with Crippen LogP contribution in [0.25, 0.3) is 0 Å². The molecule has 2 rings (SSSR count). The quantitative estimate of drug-likeness (QED) is 0.414. The number of nitrogens with two attached hydrogens (primary N) is 1. The van der Waals surface area contributed by atoms with Gasteiger partial charge in [-0.1, -0.05) is 6.42 Å². The topological polar surface area (TPSA) is 76.0 Å². The fourth-order valence-electron chi connectivity index (χ4n) is 2.87. The summed E-state index contributed by atoms with van der Waals surface area (Å²) in [6, 6.07) is 4.14. The summed E-state index contributed by atoms with van der Waals surface area (Å²) in [6.07, 6.45) is 6.45. The molecule has 1 atom stereocenters. The van der Waals surface area contributed by atoms with Crippen LogP contribution in [0, 0.1) is 0 Å². The van der Waals surface area contributed by atoms with Gasteiger partial charge in [0.1, 0.15) is 5.76 Å². The number of aliphatic imine (C=N–C) groups is 1. The van der Waals surface area contributed by atoms with Crippen LogP contribution in [0.15, 0.2) is 27.8 Å². The second kappa shape index (κ2) is 10.3. The summed E-state index contributed by atoms with van der Waals surface area (Å²) in [6.45, 7) is 7.11. The van der Waals surface area contributed by atoms with Crippen molar-refractivity contribution in [2.24, 2.45) is 10.7 Å². The molecule has 1 aliphatic heterocycles. The first-order valence-corrected chi connectivity index (χ1v) is 8.70. The molecule has 2 heterocycles. The summed E-state index contributed by atoms with van der Waals surface area (Å²) < 4.78 is 10.9. The molecular weight excluding hydrogens is 292 g/mol. The van der Waals surface area contributed by atoms with E-state index in [2.05, 4.69) is 15.2 Å². The van der Waals surface area contributed by atoms with E-state index in [1.165, 1.54) is 19.3 Å². The van der Waals surface area contributed by atoms with Crippen molar-refractivity contribution < 1.29 is 9.15 Å². The van der Waals surface area contributed by atoms with E-state index in [1.807, 2.05) is 19.1 Å². The van der Waals surface area contributed by atoms with Crippen LogP contribution in [0.1, 0.15) is 44.4 Å². The SMILES string of the molecule is CCOCCCNC(N)=NCC(c1ccco1)N1CCCCC1. The molecule has 1 unspecified atom stereocenters. The Morgan fingerprint density at radius 2 is 2.26 bits per heavy atom. The normalized spacial score (nSPS) is 18.0. The van der Waals surface area contributed by atoms with Gasteiger partial charge in [-0.2, -0.15) is 0 Å². The maximum absolute atomic E-state index is 5.97.